The molecule has 0 bridgehead atoms. The fourth-order valence-electron chi connectivity index (χ4n) is 1.81. The Kier molecular flexibility index (Phi) is 3.00. The summed E-state index contributed by atoms with van der Waals surface area (Å²) in [4.78, 5) is 0. The van der Waals surface area contributed by atoms with Crippen molar-refractivity contribution in [2.75, 3.05) is 5.32 Å². The minimum absolute atomic E-state index is 0.0829. The van der Waals surface area contributed by atoms with Gasteiger partial charge >= 0.3 is 0 Å². The molecule has 2 aromatic heterocycles. The molecular formula is C12H11ClN6. The van der Waals surface area contributed by atoms with E-state index in [1.807, 2.05) is 37.3 Å². The van der Waals surface area contributed by atoms with Gasteiger partial charge in [0.1, 0.15) is 0 Å². The van der Waals surface area contributed by atoms with Gasteiger partial charge in [0, 0.05) is 5.69 Å². The van der Waals surface area contributed by atoms with Crippen molar-refractivity contribution >= 4 is 28.8 Å². The van der Waals surface area contributed by atoms with Gasteiger partial charge in [-0.1, -0.05) is 18.2 Å². The number of anilines is 2. The third kappa shape index (κ3) is 2.34. The molecule has 6 nitrogen and oxygen atoms in total. The second-order valence-electron chi connectivity index (χ2n) is 4.07. The third-order valence-electron chi connectivity index (χ3n) is 2.72. The van der Waals surface area contributed by atoms with Crippen molar-refractivity contribution in [2.24, 2.45) is 0 Å². The van der Waals surface area contributed by atoms with E-state index in [0.717, 1.165) is 11.3 Å². The highest BCUT2D eigenvalue weighted by molar-refractivity contribution is 6.21. The number of benzene rings is 1. The van der Waals surface area contributed by atoms with Crippen LogP contribution in [0.25, 0.3) is 5.65 Å². The molecule has 1 unspecified atom stereocenters. The van der Waals surface area contributed by atoms with Gasteiger partial charge in [0.2, 0.25) is 0 Å². The van der Waals surface area contributed by atoms with Crippen LogP contribution >= 0.6 is 11.6 Å². The van der Waals surface area contributed by atoms with Crippen molar-refractivity contribution in [2.45, 2.75) is 12.3 Å². The average molecular weight is 275 g/mol. The molecule has 2 heterocycles. The quantitative estimate of drug-likeness (QED) is 0.744. The highest BCUT2D eigenvalue weighted by Gasteiger charge is 2.08. The number of hydrogen-bond donors (Lipinski definition) is 1. The summed E-state index contributed by atoms with van der Waals surface area (Å²) in [7, 11) is 0. The lowest BCUT2D eigenvalue weighted by molar-refractivity contribution is 0.736. The second kappa shape index (κ2) is 4.81. The Bertz CT molecular complexity index is 708. The Morgan fingerprint density at radius 1 is 1.21 bits per heavy atom. The Balaban J connectivity index is 1.96. The number of tetrazole rings is 1. The largest absolute Gasteiger partial charge is 0.338 e. The van der Waals surface area contributed by atoms with Crippen LogP contribution in [0.1, 0.15) is 17.9 Å². The number of halogens is 1. The van der Waals surface area contributed by atoms with Gasteiger partial charge in [-0.2, -0.15) is 0 Å². The van der Waals surface area contributed by atoms with Crippen LogP contribution in [0.5, 0.6) is 0 Å². The zero-order valence-electron chi connectivity index (χ0n) is 10.2. The predicted molar refractivity (Wildman–Crippen MR) is 72.6 cm³/mol. The molecule has 1 aromatic carbocycles. The molecule has 7 heteroatoms. The van der Waals surface area contributed by atoms with Gasteiger partial charge in [0.25, 0.3) is 0 Å². The maximum atomic E-state index is 6.15. The number of nitrogens with zero attached hydrogens (tertiary/aromatic N) is 5. The van der Waals surface area contributed by atoms with E-state index in [1.165, 1.54) is 4.63 Å². The van der Waals surface area contributed by atoms with Gasteiger partial charge in [-0.25, -0.2) is 0 Å². The molecule has 0 aliphatic heterocycles. The van der Waals surface area contributed by atoms with Gasteiger partial charge in [-0.05, 0) is 41.1 Å². The highest BCUT2D eigenvalue weighted by atomic mass is 35.5. The molecule has 3 rings (SSSR count). The smallest absolute Gasteiger partial charge is 0.200 e. The summed E-state index contributed by atoms with van der Waals surface area (Å²) in [6, 6.07) is 11.5. The molecule has 19 heavy (non-hydrogen) atoms. The molecule has 0 fully saturated rings. The first kappa shape index (κ1) is 11.9. The lowest BCUT2D eigenvalue weighted by Gasteiger charge is -2.12. The molecule has 96 valence electrons. The lowest BCUT2D eigenvalue weighted by Crippen LogP contribution is -2.02. The molecule has 0 saturated carbocycles. The van der Waals surface area contributed by atoms with E-state index in [9.17, 15) is 0 Å². The van der Waals surface area contributed by atoms with Crippen molar-refractivity contribution in [1.82, 2.24) is 25.3 Å². The van der Waals surface area contributed by atoms with E-state index in [4.69, 9.17) is 11.6 Å². The van der Waals surface area contributed by atoms with Crippen LogP contribution in [-0.4, -0.2) is 25.3 Å². The second-order valence-corrected chi connectivity index (χ2v) is 4.73. The van der Waals surface area contributed by atoms with Crippen molar-refractivity contribution in [3.8, 4) is 0 Å². The molecule has 0 radical (unpaired) electrons. The van der Waals surface area contributed by atoms with Gasteiger partial charge in [-0.15, -0.1) is 26.4 Å². The van der Waals surface area contributed by atoms with E-state index in [1.54, 1.807) is 6.07 Å². The zero-order valence-corrected chi connectivity index (χ0v) is 10.9. The number of nitrogens with one attached hydrogen (secondary N) is 1. The predicted octanol–water partition coefficient (Wildman–Crippen LogP) is 2.56. The normalized spacial score (nSPS) is 12.5. The van der Waals surface area contributed by atoms with Crippen LogP contribution in [0.3, 0.4) is 0 Å². The van der Waals surface area contributed by atoms with Crippen LogP contribution in [0, 0.1) is 0 Å². The van der Waals surface area contributed by atoms with E-state index in [0.29, 0.717) is 11.5 Å². The van der Waals surface area contributed by atoms with Crippen LogP contribution in [0.2, 0.25) is 0 Å². The first-order valence-corrected chi connectivity index (χ1v) is 6.23. The lowest BCUT2D eigenvalue weighted by atomic mass is 10.1. The van der Waals surface area contributed by atoms with Gasteiger partial charge < -0.3 is 5.32 Å². The molecule has 0 amide bonds. The van der Waals surface area contributed by atoms with Crippen LogP contribution in [-0.2, 0) is 0 Å². The van der Waals surface area contributed by atoms with Gasteiger partial charge in [0.05, 0.1) is 5.38 Å². The Morgan fingerprint density at radius 3 is 2.89 bits per heavy atom. The summed E-state index contributed by atoms with van der Waals surface area (Å²) >= 11 is 6.15. The van der Waals surface area contributed by atoms with E-state index in [2.05, 4.69) is 25.9 Å². The maximum absolute atomic E-state index is 6.15. The summed E-state index contributed by atoms with van der Waals surface area (Å²) in [5.41, 5.74) is 2.54. The number of aromatic nitrogens is 5. The average Bonchev–Trinajstić information content (AvgIpc) is 2.86. The molecule has 0 aliphatic rings. The Morgan fingerprint density at radius 2 is 2.05 bits per heavy atom. The fourth-order valence-corrected chi connectivity index (χ4v) is 2.00. The summed E-state index contributed by atoms with van der Waals surface area (Å²) in [6.07, 6.45) is 0. The van der Waals surface area contributed by atoms with E-state index >= 15 is 0 Å². The fraction of sp³-hybridized carbons (Fsp3) is 0.167. The van der Waals surface area contributed by atoms with Crippen molar-refractivity contribution in [3.63, 3.8) is 0 Å². The number of fused-ring (bicyclic) bond motifs is 1. The minimum Gasteiger partial charge on any atom is -0.338 e. The maximum Gasteiger partial charge on any atom is 0.200 e. The van der Waals surface area contributed by atoms with Gasteiger partial charge in [-0.3, -0.25) is 0 Å². The van der Waals surface area contributed by atoms with Crippen LogP contribution in [0.4, 0.5) is 11.5 Å². The van der Waals surface area contributed by atoms with Crippen molar-refractivity contribution in [1.29, 1.82) is 0 Å². The highest BCUT2D eigenvalue weighted by Crippen LogP contribution is 2.28. The molecule has 1 N–H and O–H groups in total. The van der Waals surface area contributed by atoms with Gasteiger partial charge in [0.15, 0.2) is 11.5 Å². The summed E-state index contributed by atoms with van der Waals surface area (Å²) in [6.45, 7) is 1.93. The summed E-state index contributed by atoms with van der Waals surface area (Å²) < 4.78 is 1.37. The monoisotopic (exact) mass is 274 g/mol. The van der Waals surface area contributed by atoms with Crippen molar-refractivity contribution in [3.05, 3.63) is 42.0 Å². The molecule has 1 atom stereocenters. The molecule has 0 aliphatic carbocycles. The SMILES string of the molecule is CC(Cl)c1ccccc1Nc1ccc2nnnn2n1. The first-order chi connectivity index (χ1) is 9.24. The third-order valence-corrected chi connectivity index (χ3v) is 2.96. The summed E-state index contributed by atoms with van der Waals surface area (Å²) in [5, 5.41) is 18.5. The van der Waals surface area contributed by atoms with E-state index < -0.39 is 0 Å². The molecular weight excluding hydrogens is 264 g/mol. The Hall–Kier alpha value is -2.21. The van der Waals surface area contributed by atoms with E-state index in [-0.39, 0.29) is 5.38 Å². The molecule has 0 saturated heterocycles. The topological polar surface area (TPSA) is 68.0 Å². The number of rotatable bonds is 3. The first-order valence-electron chi connectivity index (χ1n) is 5.79. The number of hydrogen-bond acceptors (Lipinski definition) is 5. The summed E-state index contributed by atoms with van der Waals surface area (Å²) in [5.74, 6) is 0.657. The van der Waals surface area contributed by atoms with Crippen LogP contribution in [0.15, 0.2) is 36.4 Å². The Labute approximate surface area is 114 Å². The number of alkyl halides is 1. The standard InChI is InChI=1S/C12H11ClN6/c1-8(13)9-4-2-3-5-10(9)14-11-6-7-12-15-17-18-19(12)16-11/h2-8H,1H3,(H,14,16). The zero-order chi connectivity index (χ0) is 13.2. The van der Waals surface area contributed by atoms with Crippen molar-refractivity contribution < 1.29 is 0 Å². The number of para-hydroxylation sites is 1. The van der Waals surface area contributed by atoms with Crippen LogP contribution < -0.4 is 5.32 Å². The molecule has 3 aromatic rings. The molecule has 0 spiro atoms. The minimum atomic E-state index is -0.0829.